The molecule has 1 aromatic rings. The summed E-state index contributed by atoms with van der Waals surface area (Å²) in [4.78, 5) is 24.2. The third-order valence-electron chi connectivity index (χ3n) is 4.27. The average molecular weight is 392 g/mol. The Morgan fingerprint density at radius 1 is 1.21 bits per heavy atom. The Kier molecular flexibility index (Phi) is 8.11. The number of nitrogens with one attached hydrogen (secondary N) is 2. The molecule has 2 amide bonds. The average Bonchev–Trinajstić information content (AvgIpc) is 2.62. The van der Waals surface area contributed by atoms with E-state index in [-0.39, 0.29) is 11.9 Å². The van der Waals surface area contributed by atoms with E-state index >= 15 is 0 Å². The van der Waals surface area contributed by atoms with E-state index in [9.17, 15) is 9.59 Å². The van der Waals surface area contributed by atoms with Gasteiger partial charge in [-0.15, -0.1) is 0 Å². The number of alkyl carbamates (subject to hydrolysis) is 1. The fourth-order valence-corrected chi connectivity index (χ4v) is 2.81. The third-order valence-corrected chi connectivity index (χ3v) is 4.27. The highest BCUT2D eigenvalue weighted by molar-refractivity contribution is 5.96. The number of ether oxygens (including phenoxy) is 3. The first-order chi connectivity index (χ1) is 13.2. The first kappa shape index (κ1) is 22.0. The van der Waals surface area contributed by atoms with Crippen LogP contribution in [0.5, 0.6) is 5.75 Å². The van der Waals surface area contributed by atoms with Crippen LogP contribution in [0.1, 0.15) is 56.0 Å². The highest BCUT2D eigenvalue weighted by Crippen LogP contribution is 2.18. The second-order valence-corrected chi connectivity index (χ2v) is 7.97. The zero-order chi connectivity index (χ0) is 20.6. The summed E-state index contributed by atoms with van der Waals surface area (Å²) in [6.45, 7) is 9.63. The molecule has 1 aromatic carbocycles. The smallest absolute Gasteiger partial charge is 0.407 e. The molecule has 0 aromatic heterocycles. The maximum atomic E-state index is 12.6. The minimum Gasteiger partial charge on any atom is -0.494 e. The van der Waals surface area contributed by atoms with Gasteiger partial charge in [-0.05, 0) is 64.7 Å². The fraction of sp³-hybridized carbons (Fsp3) is 0.619. The van der Waals surface area contributed by atoms with Gasteiger partial charge in [-0.3, -0.25) is 4.79 Å². The molecule has 7 heteroatoms. The Hall–Kier alpha value is -2.28. The van der Waals surface area contributed by atoms with E-state index in [0.717, 1.165) is 18.4 Å². The molecule has 0 aliphatic carbocycles. The number of amides is 2. The van der Waals surface area contributed by atoms with Crippen LogP contribution in [0.4, 0.5) is 4.79 Å². The van der Waals surface area contributed by atoms with Crippen molar-refractivity contribution < 1.29 is 23.8 Å². The van der Waals surface area contributed by atoms with E-state index in [1.54, 1.807) is 6.07 Å². The molecule has 2 N–H and O–H groups in total. The van der Waals surface area contributed by atoms with Crippen molar-refractivity contribution in [2.45, 2.75) is 58.6 Å². The number of rotatable bonds is 7. The molecular formula is C21H32N2O5. The SMILES string of the molecule is Cc1ccc(OCCCNC(=O)OC(C)(C)C)cc1C(=O)NC1CCOCC1. The van der Waals surface area contributed by atoms with Crippen molar-refractivity contribution in [1.29, 1.82) is 0 Å². The molecule has 1 saturated heterocycles. The van der Waals surface area contributed by atoms with Crippen LogP contribution in [0.25, 0.3) is 0 Å². The van der Waals surface area contributed by atoms with Crippen molar-refractivity contribution in [1.82, 2.24) is 10.6 Å². The van der Waals surface area contributed by atoms with Crippen molar-refractivity contribution in [3.8, 4) is 5.75 Å². The Bertz CT molecular complexity index is 663. The van der Waals surface area contributed by atoms with Gasteiger partial charge in [0.05, 0.1) is 6.61 Å². The number of benzene rings is 1. The summed E-state index contributed by atoms with van der Waals surface area (Å²) in [5, 5.41) is 5.77. The van der Waals surface area contributed by atoms with Gasteiger partial charge in [0.25, 0.3) is 5.91 Å². The molecule has 28 heavy (non-hydrogen) atoms. The van der Waals surface area contributed by atoms with Crippen molar-refractivity contribution in [3.05, 3.63) is 29.3 Å². The van der Waals surface area contributed by atoms with E-state index in [4.69, 9.17) is 14.2 Å². The summed E-state index contributed by atoms with van der Waals surface area (Å²) in [5.41, 5.74) is 1.02. The van der Waals surface area contributed by atoms with E-state index in [1.807, 2.05) is 39.8 Å². The molecule has 2 rings (SSSR count). The highest BCUT2D eigenvalue weighted by atomic mass is 16.6. The number of aryl methyl sites for hydroxylation is 1. The predicted molar refractivity (Wildman–Crippen MR) is 107 cm³/mol. The maximum absolute atomic E-state index is 12.6. The van der Waals surface area contributed by atoms with Gasteiger partial charge in [-0.25, -0.2) is 4.79 Å². The van der Waals surface area contributed by atoms with Gasteiger partial charge in [0.15, 0.2) is 0 Å². The van der Waals surface area contributed by atoms with Crippen LogP contribution < -0.4 is 15.4 Å². The Morgan fingerprint density at radius 2 is 1.93 bits per heavy atom. The Balaban J connectivity index is 1.77. The molecule has 0 radical (unpaired) electrons. The Morgan fingerprint density at radius 3 is 2.61 bits per heavy atom. The largest absolute Gasteiger partial charge is 0.494 e. The lowest BCUT2D eigenvalue weighted by Crippen LogP contribution is -2.39. The molecule has 0 bridgehead atoms. The summed E-state index contributed by atoms with van der Waals surface area (Å²) in [6.07, 6.45) is 1.88. The minimum atomic E-state index is -0.510. The molecule has 0 unspecified atom stereocenters. The van der Waals surface area contributed by atoms with Crippen LogP contribution in [0, 0.1) is 6.92 Å². The number of carbonyl (C=O) groups excluding carboxylic acids is 2. The zero-order valence-corrected chi connectivity index (χ0v) is 17.3. The second kappa shape index (κ2) is 10.3. The normalized spacial score (nSPS) is 15.0. The minimum absolute atomic E-state index is 0.0820. The fourth-order valence-electron chi connectivity index (χ4n) is 2.81. The van der Waals surface area contributed by atoms with Crippen LogP contribution in [0.2, 0.25) is 0 Å². The zero-order valence-electron chi connectivity index (χ0n) is 17.3. The van der Waals surface area contributed by atoms with Crippen molar-refractivity contribution in [3.63, 3.8) is 0 Å². The molecule has 1 heterocycles. The van der Waals surface area contributed by atoms with Gasteiger partial charge in [-0.1, -0.05) is 6.07 Å². The first-order valence-electron chi connectivity index (χ1n) is 9.83. The Labute approximate surface area is 167 Å². The number of hydrogen-bond acceptors (Lipinski definition) is 5. The number of hydrogen-bond donors (Lipinski definition) is 2. The van der Waals surface area contributed by atoms with Crippen LogP contribution in [-0.4, -0.2) is 50.0 Å². The first-order valence-corrected chi connectivity index (χ1v) is 9.83. The van der Waals surface area contributed by atoms with E-state index in [2.05, 4.69) is 10.6 Å². The van der Waals surface area contributed by atoms with E-state index in [1.165, 1.54) is 0 Å². The van der Waals surface area contributed by atoms with Gasteiger partial charge < -0.3 is 24.8 Å². The lowest BCUT2D eigenvalue weighted by Gasteiger charge is -2.23. The van der Waals surface area contributed by atoms with Crippen molar-refractivity contribution in [2.75, 3.05) is 26.4 Å². The molecule has 156 valence electrons. The lowest BCUT2D eigenvalue weighted by atomic mass is 10.1. The molecule has 1 aliphatic heterocycles. The summed E-state index contributed by atoms with van der Waals surface area (Å²) in [6, 6.07) is 5.66. The van der Waals surface area contributed by atoms with Crippen LogP contribution in [0.15, 0.2) is 18.2 Å². The van der Waals surface area contributed by atoms with Crippen LogP contribution in [-0.2, 0) is 9.47 Å². The molecule has 1 aliphatic rings. The summed E-state index contributed by atoms with van der Waals surface area (Å²) in [7, 11) is 0. The third kappa shape index (κ3) is 7.76. The van der Waals surface area contributed by atoms with E-state index < -0.39 is 11.7 Å². The predicted octanol–water partition coefficient (Wildman–Crippen LogP) is 3.20. The molecular weight excluding hydrogens is 360 g/mol. The second-order valence-electron chi connectivity index (χ2n) is 7.97. The summed E-state index contributed by atoms with van der Waals surface area (Å²) >= 11 is 0. The molecule has 0 atom stereocenters. The molecule has 7 nitrogen and oxygen atoms in total. The van der Waals surface area contributed by atoms with Crippen LogP contribution in [0.3, 0.4) is 0 Å². The molecule has 0 spiro atoms. The molecule has 0 saturated carbocycles. The summed E-state index contributed by atoms with van der Waals surface area (Å²) in [5.74, 6) is 0.557. The van der Waals surface area contributed by atoms with Crippen LogP contribution >= 0.6 is 0 Å². The monoisotopic (exact) mass is 392 g/mol. The highest BCUT2D eigenvalue weighted by Gasteiger charge is 2.19. The quantitative estimate of drug-likeness (QED) is 0.696. The van der Waals surface area contributed by atoms with Crippen molar-refractivity contribution >= 4 is 12.0 Å². The number of carbonyl (C=O) groups is 2. The van der Waals surface area contributed by atoms with Gasteiger partial charge in [0, 0.05) is 31.4 Å². The van der Waals surface area contributed by atoms with Crippen molar-refractivity contribution in [2.24, 2.45) is 0 Å². The molecule has 1 fully saturated rings. The maximum Gasteiger partial charge on any atom is 0.407 e. The standard InChI is InChI=1S/C21H32N2O5/c1-15-6-7-17(27-11-5-10-22-20(25)28-21(2,3)4)14-18(15)19(24)23-16-8-12-26-13-9-16/h6-7,14,16H,5,8-13H2,1-4H3,(H,22,25)(H,23,24). The van der Waals surface area contributed by atoms with Gasteiger partial charge >= 0.3 is 6.09 Å². The summed E-state index contributed by atoms with van der Waals surface area (Å²) < 4.78 is 16.2. The van der Waals surface area contributed by atoms with Gasteiger partial charge in [-0.2, -0.15) is 0 Å². The van der Waals surface area contributed by atoms with E-state index in [0.29, 0.717) is 44.1 Å². The van der Waals surface area contributed by atoms with Gasteiger partial charge in [0.1, 0.15) is 11.4 Å². The van der Waals surface area contributed by atoms with Gasteiger partial charge in [0.2, 0.25) is 0 Å². The topological polar surface area (TPSA) is 85.9 Å². The lowest BCUT2D eigenvalue weighted by molar-refractivity contribution is 0.0525.